The largest absolute Gasteiger partial charge is 0.298 e. The van der Waals surface area contributed by atoms with Crippen molar-refractivity contribution in [3.8, 4) is 22.5 Å². The summed E-state index contributed by atoms with van der Waals surface area (Å²) in [5.41, 5.74) is 4.85. The zero-order chi connectivity index (χ0) is 18.9. The van der Waals surface area contributed by atoms with Crippen molar-refractivity contribution >= 4 is 28.0 Å². The van der Waals surface area contributed by atoms with Gasteiger partial charge in [0.2, 0.25) is 0 Å². The van der Waals surface area contributed by atoms with Gasteiger partial charge in [-0.25, -0.2) is 9.97 Å². The molecule has 0 atom stereocenters. The number of anilines is 1. The number of H-pyrrole nitrogens is 1. The van der Waals surface area contributed by atoms with Gasteiger partial charge in [-0.05, 0) is 24.3 Å². The van der Waals surface area contributed by atoms with Crippen LogP contribution >= 0.6 is 11.3 Å². The Balaban J connectivity index is 1.46. The maximum absolute atomic E-state index is 12.3. The molecule has 136 valence electrons. The molecule has 9 heteroatoms. The van der Waals surface area contributed by atoms with Gasteiger partial charge in [-0.15, -0.1) is 11.3 Å². The molecule has 0 aliphatic carbocycles. The first-order valence-corrected chi connectivity index (χ1v) is 9.29. The highest BCUT2D eigenvalue weighted by Crippen LogP contribution is 2.24. The highest BCUT2D eigenvalue weighted by Gasteiger charge is 2.12. The molecule has 28 heavy (non-hydrogen) atoms. The standard InChI is InChI=1S/C19H13N7OS/c27-18(25-19-20-5-6-28-19)12-1-3-15(21-7-12)16-10-22-17-4-2-13(11-26(16)17)14-8-23-24-9-14/h1-11H,(H,23,24)(H,20,25,27). The van der Waals surface area contributed by atoms with Gasteiger partial charge in [0.05, 0.1) is 29.3 Å². The summed E-state index contributed by atoms with van der Waals surface area (Å²) in [5.74, 6) is -0.241. The van der Waals surface area contributed by atoms with Crippen LogP contribution in [0, 0.1) is 0 Å². The van der Waals surface area contributed by atoms with Crippen LogP contribution in [0.4, 0.5) is 5.13 Å². The number of pyridine rings is 2. The molecule has 5 aromatic heterocycles. The highest BCUT2D eigenvalue weighted by atomic mass is 32.1. The van der Waals surface area contributed by atoms with Gasteiger partial charge in [-0.1, -0.05) is 0 Å². The number of rotatable bonds is 4. The third-order valence-electron chi connectivity index (χ3n) is 4.28. The van der Waals surface area contributed by atoms with Gasteiger partial charge >= 0.3 is 0 Å². The SMILES string of the molecule is O=C(Nc1nccs1)c1ccc(-c2cnc3ccc(-c4cn[nH]c4)cn23)nc1. The van der Waals surface area contributed by atoms with E-state index in [9.17, 15) is 4.79 Å². The van der Waals surface area contributed by atoms with Gasteiger partial charge in [0.15, 0.2) is 5.13 Å². The van der Waals surface area contributed by atoms with Crippen LogP contribution in [0.3, 0.4) is 0 Å². The van der Waals surface area contributed by atoms with Crippen molar-refractivity contribution in [3.05, 3.63) is 72.4 Å². The van der Waals surface area contributed by atoms with Crippen LogP contribution in [0.15, 0.2) is 66.8 Å². The molecular weight excluding hydrogens is 374 g/mol. The molecule has 0 spiro atoms. The van der Waals surface area contributed by atoms with E-state index >= 15 is 0 Å². The van der Waals surface area contributed by atoms with Gasteiger partial charge in [-0.3, -0.25) is 24.6 Å². The number of hydrogen-bond acceptors (Lipinski definition) is 6. The Labute approximate surface area is 162 Å². The van der Waals surface area contributed by atoms with Crippen molar-refractivity contribution in [2.75, 3.05) is 5.32 Å². The number of aromatic amines is 1. The third kappa shape index (κ3) is 2.93. The van der Waals surface area contributed by atoms with E-state index in [1.54, 1.807) is 36.2 Å². The van der Waals surface area contributed by atoms with E-state index in [2.05, 4.69) is 30.5 Å². The molecule has 0 saturated heterocycles. The van der Waals surface area contributed by atoms with Gasteiger partial charge in [0.25, 0.3) is 5.91 Å². The molecule has 1 amide bonds. The normalized spacial score (nSPS) is 11.0. The lowest BCUT2D eigenvalue weighted by Crippen LogP contribution is -2.11. The van der Waals surface area contributed by atoms with Crippen LogP contribution in [-0.2, 0) is 0 Å². The zero-order valence-electron chi connectivity index (χ0n) is 14.4. The van der Waals surface area contributed by atoms with Gasteiger partial charge < -0.3 is 0 Å². The molecule has 0 bridgehead atoms. The lowest BCUT2D eigenvalue weighted by molar-refractivity contribution is 0.102. The van der Waals surface area contributed by atoms with Crippen molar-refractivity contribution in [2.45, 2.75) is 0 Å². The molecule has 5 rings (SSSR count). The van der Waals surface area contributed by atoms with E-state index in [-0.39, 0.29) is 5.91 Å². The van der Waals surface area contributed by atoms with E-state index in [0.29, 0.717) is 10.7 Å². The maximum atomic E-state index is 12.3. The number of imidazole rings is 1. The smallest absolute Gasteiger partial charge is 0.259 e. The predicted molar refractivity (Wildman–Crippen MR) is 106 cm³/mol. The molecule has 0 radical (unpaired) electrons. The van der Waals surface area contributed by atoms with E-state index in [1.165, 1.54) is 11.3 Å². The van der Waals surface area contributed by atoms with Gasteiger partial charge in [0, 0.05) is 41.3 Å². The molecule has 5 aromatic rings. The minimum Gasteiger partial charge on any atom is -0.298 e. The van der Waals surface area contributed by atoms with E-state index in [4.69, 9.17) is 0 Å². The first kappa shape index (κ1) is 16.3. The monoisotopic (exact) mass is 387 g/mol. The average Bonchev–Trinajstić information content (AvgIpc) is 3.49. The lowest BCUT2D eigenvalue weighted by atomic mass is 10.1. The summed E-state index contributed by atoms with van der Waals surface area (Å²) in [6, 6.07) is 7.49. The number of thiazole rings is 1. The Hall–Kier alpha value is -3.85. The fraction of sp³-hybridized carbons (Fsp3) is 0. The second-order valence-electron chi connectivity index (χ2n) is 6.00. The van der Waals surface area contributed by atoms with Crippen molar-refractivity contribution in [2.24, 2.45) is 0 Å². The topological polar surface area (TPSA) is 101 Å². The van der Waals surface area contributed by atoms with Crippen molar-refractivity contribution in [1.82, 2.24) is 29.5 Å². The first-order valence-electron chi connectivity index (χ1n) is 8.41. The fourth-order valence-corrected chi connectivity index (χ4v) is 3.41. The second kappa shape index (κ2) is 6.71. The Morgan fingerprint density at radius 2 is 2.00 bits per heavy atom. The molecule has 0 aliphatic heterocycles. The third-order valence-corrected chi connectivity index (χ3v) is 4.97. The predicted octanol–water partition coefficient (Wildman–Crippen LogP) is 3.50. The van der Waals surface area contributed by atoms with Crippen LogP contribution in [-0.4, -0.2) is 35.5 Å². The quantitative estimate of drug-likeness (QED) is 0.492. The second-order valence-corrected chi connectivity index (χ2v) is 6.89. The minimum absolute atomic E-state index is 0.241. The molecular formula is C19H13N7OS. The summed E-state index contributed by atoms with van der Waals surface area (Å²) < 4.78 is 1.97. The lowest BCUT2D eigenvalue weighted by Gasteiger charge is -2.05. The summed E-state index contributed by atoms with van der Waals surface area (Å²) in [6.45, 7) is 0. The van der Waals surface area contributed by atoms with Gasteiger partial charge in [0.1, 0.15) is 5.65 Å². The molecule has 0 aromatic carbocycles. The number of carbonyl (C=O) groups is 1. The van der Waals surface area contributed by atoms with Crippen LogP contribution in [0.5, 0.6) is 0 Å². The summed E-state index contributed by atoms with van der Waals surface area (Å²) in [7, 11) is 0. The van der Waals surface area contributed by atoms with Crippen molar-refractivity contribution < 1.29 is 4.79 Å². The number of aromatic nitrogens is 6. The fourth-order valence-electron chi connectivity index (χ4n) is 2.88. The Kier molecular flexibility index (Phi) is 3.91. The van der Waals surface area contributed by atoms with Crippen LogP contribution in [0.2, 0.25) is 0 Å². The van der Waals surface area contributed by atoms with Crippen LogP contribution in [0.1, 0.15) is 10.4 Å². The number of hydrogen-bond donors (Lipinski definition) is 2. The molecule has 0 fully saturated rings. The van der Waals surface area contributed by atoms with Crippen LogP contribution in [0.25, 0.3) is 28.2 Å². The molecule has 2 N–H and O–H groups in total. The molecule has 8 nitrogen and oxygen atoms in total. The summed E-state index contributed by atoms with van der Waals surface area (Å²) in [5, 5.41) is 11.9. The summed E-state index contributed by atoms with van der Waals surface area (Å²) >= 11 is 1.37. The zero-order valence-corrected chi connectivity index (χ0v) is 15.2. The Morgan fingerprint density at radius 3 is 2.75 bits per heavy atom. The number of amides is 1. The first-order chi connectivity index (χ1) is 13.8. The molecule has 0 aliphatic rings. The summed E-state index contributed by atoms with van der Waals surface area (Å²) in [6.07, 6.45) is 10.6. The molecule has 0 saturated carbocycles. The van der Waals surface area contributed by atoms with Crippen molar-refractivity contribution in [3.63, 3.8) is 0 Å². The molecule has 5 heterocycles. The minimum atomic E-state index is -0.241. The van der Waals surface area contributed by atoms with Crippen molar-refractivity contribution in [1.29, 1.82) is 0 Å². The van der Waals surface area contributed by atoms with E-state index < -0.39 is 0 Å². The number of nitrogens with zero attached hydrogens (tertiary/aromatic N) is 5. The van der Waals surface area contributed by atoms with Crippen LogP contribution < -0.4 is 5.32 Å². The molecule has 0 unspecified atom stereocenters. The maximum Gasteiger partial charge on any atom is 0.259 e. The Bertz CT molecular complexity index is 1240. The average molecular weight is 387 g/mol. The number of carbonyl (C=O) groups excluding carboxylic acids is 1. The highest BCUT2D eigenvalue weighted by molar-refractivity contribution is 7.13. The number of fused-ring (bicyclic) bond motifs is 1. The number of nitrogens with one attached hydrogen (secondary N) is 2. The van der Waals surface area contributed by atoms with Gasteiger partial charge in [-0.2, -0.15) is 5.10 Å². The van der Waals surface area contributed by atoms with E-state index in [1.807, 2.05) is 35.0 Å². The summed E-state index contributed by atoms with van der Waals surface area (Å²) in [4.78, 5) is 25.2. The van der Waals surface area contributed by atoms with E-state index in [0.717, 1.165) is 28.2 Å². The Morgan fingerprint density at radius 1 is 1.04 bits per heavy atom.